The summed E-state index contributed by atoms with van der Waals surface area (Å²) in [6, 6.07) is 0. The van der Waals surface area contributed by atoms with E-state index in [4.69, 9.17) is 0 Å². The second-order valence-corrected chi connectivity index (χ2v) is 2.10. The summed E-state index contributed by atoms with van der Waals surface area (Å²) in [4.78, 5) is 0. The second kappa shape index (κ2) is 16.0. The molecule has 0 rings (SSSR count). The van der Waals surface area contributed by atoms with Gasteiger partial charge >= 0.3 is 0 Å². The lowest BCUT2D eigenvalue weighted by Crippen LogP contribution is -2.15. The Balaban J connectivity index is 0. The van der Waals surface area contributed by atoms with Crippen molar-refractivity contribution in [1.82, 2.24) is 5.32 Å². The fourth-order valence-corrected chi connectivity index (χ4v) is 0.604. The van der Waals surface area contributed by atoms with Gasteiger partial charge < -0.3 is 5.32 Å². The SMILES string of the molecule is CC.CCCCNCCC. The third-order valence-electron chi connectivity index (χ3n) is 1.13. The Labute approximate surface area is 66.2 Å². The zero-order valence-corrected chi connectivity index (χ0v) is 8.04. The summed E-state index contributed by atoms with van der Waals surface area (Å²) in [5.41, 5.74) is 0. The zero-order chi connectivity index (χ0) is 8.24. The first-order valence-electron chi connectivity index (χ1n) is 4.62. The number of hydrogen-bond acceptors (Lipinski definition) is 1. The third kappa shape index (κ3) is 15.7. The van der Waals surface area contributed by atoms with Crippen LogP contribution in [0.2, 0.25) is 0 Å². The molecule has 1 heteroatoms. The quantitative estimate of drug-likeness (QED) is 0.587. The molecular weight excluding hydrogens is 122 g/mol. The van der Waals surface area contributed by atoms with Crippen LogP contribution in [0.1, 0.15) is 47.0 Å². The molecule has 0 aliphatic carbocycles. The summed E-state index contributed by atoms with van der Waals surface area (Å²) in [5, 5.41) is 3.34. The van der Waals surface area contributed by atoms with Crippen molar-refractivity contribution < 1.29 is 0 Å². The maximum atomic E-state index is 3.34. The lowest BCUT2D eigenvalue weighted by atomic mass is 10.3. The molecule has 0 amide bonds. The largest absolute Gasteiger partial charge is 0.317 e. The molecular formula is C9H23N. The van der Waals surface area contributed by atoms with Gasteiger partial charge in [0, 0.05) is 0 Å². The summed E-state index contributed by atoms with van der Waals surface area (Å²) in [6.45, 7) is 10.8. The van der Waals surface area contributed by atoms with Crippen LogP contribution in [0.25, 0.3) is 0 Å². The van der Waals surface area contributed by atoms with Crippen molar-refractivity contribution in [2.45, 2.75) is 47.0 Å². The van der Waals surface area contributed by atoms with Crippen LogP contribution in [0.3, 0.4) is 0 Å². The van der Waals surface area contributed by atoms with Crippen LogP contribution in [-0.4, -0.2) is 13.1 Å². The molecule has 0 atom stereocenters. The van der Waals surface area contributed by atoms with Crippen molar-refractivity contribution in [2.24, 2.45) is 0 Å². The maximum Gasteiger partial charge on any atom is -0.00490 e. The van der Waals surface area contributed by atoms with Crippen LogP contribution in [0.5, 0.6) is 0 Å². The summed E-state index contributed by atoms with van der Waals surface area (Å²) in [6.07, 6.45) is 3.88. The van der Waals surface area contributed by atoms with Gasteiger partial charge in [-0.15, -0.1) is 0 Å². The Morgan fingerprint density at radius 2 is 1.50 bits per heavy atom. The van der Waals surface area contributed by atoms with Crippen LogP contribution in [0.4, 0.5) is 0 Å². The highest BCUT2D eigenvalue weighted by molar-refractivity contribution is 4.43. The smallest absolute Gasteiger partial charge is 0.00490 e. The first-order valence-corrected chi connectivity index (χ1v) is 4.62. The summed E-state index contributed by atoms with van der Waals surface area (Å²) in [7, 11) is 0. The van der Waals surface area contributed by atoms with Crippen LogP contribution >= 0.6 is 0 Å². The van der Waals surface area contributed by atoms with Gasteiger partial charge in [-0.2, -0.15) is 0 Å². The van der Waals surface area contributed by atoms with E-state index in [-0.39, 0.29) is 0 Å². The van der Waals surface area contributed by atoms with Gasteiger partial charge in [0.15, 0.2) is 0 Å². The van der Waals surface area contributed by atoms with Gasteiger partial charge in [-0.05, 0) is 25.9 Å². The minimum Gasteiger partial charge on any atom is -0.317 e. The Bertz CT molecular complexity index is 29.7. The predicted octanol–water partition coefficient (Wildman–Crippen LogP) is 2.81. The molecule has 10 heavy (non-hydrogen) atoms. The molecule has 0 bridgehead atoms. The second-order valence-electron chi connectivity index (χ2n) is 2.10. The van der Waals surface area contributed by atoms with Gasteiger partial charge in [-0.1, -0.05) is 34.1 Å². The van der Waals surface area contributed by atoms with E-state index in [2.05, 4.69) is 19.2 Å². The van der Waals surface area contributed by atoms with Crippen molar-refractivity contribution in [1.29, 1.82) is 0 Å². The van der Waals surface area contributed by atoms with Gasteiger partial charge in [0.25, 0.3) is 0 Å². The molecule has 64 valence electrons. The van der Waals surface area contributed by atoms with Gasteiger partial charge in [0.05, 0.1) is 0 Å². The molecule has 0 aliphatic heterocycles. The minimum atomic E-state index is 1.18. The average molecular weight is 145 g/mol. The summed E-state index contributed by atoms with van der Waals surface area (Å²) >= 11 is 0. The van der Waals surface area contributed by atoms with E-state index < -0.39 is 0 Å². The Morgan fingerprint density at radius 1 is 0.900 bits per heavy atom. The molecule has 0 aromatic heterocycles. The first-order chi connectivity index (χ1) is 4.91. The van der Waals surface area contributed by atoms with Crippen LogP contribution in [0, 0.1) is 0 Å². The standard InChI is InChI=1S/C7H17N.C2H6/c1-3-5-7-8-6-4-2;1-2/h8H,3-7H2,1-2H3;1-2H3. The molecule has 0 saturated heterocycles. The maximum absolute atomic E-state index is 3.34. The molecule has 0 aromatic carbocycles. The van der Waals surface area contributed by atoms with Gasteiger partial charge in [-0.25, -0.2) is 0 Å². The summed E-state index contributed by atoms with van der Waals surface area (Å²) in [5.74, 6) is 0. The summed E-state index contributed by atoms with van der Waals surface area (Å²) < 4.78 is 0. The fraction of sp³-hybridized carbons (Fsp3) is 1.00. The van der Waals surface area contributed by atoms with Crippen molar-refractivity contribution in [3.8, 4) is 0 Å². The minimum absolute atomic E-state index is 1.18. The topological polar surface area (TPSA) is 12.0 Å². The molecule has 0 spiro atoms. The molecule has 0 fully saturated rings. The zero-order valence-electron chi connectivity index (χ0n) is 8.04. The van der Waals surface area contributed by atoms with Crippen molar-refractivity contribution in [3.63, 3.8) is 0 Å². The Kier molecular flexibility index (Phi) is 20.2. The lowest BCUT2D eigenvalue weighted by molar-refractivity contribution is 0.633. The van der Waals surface area contributed by atoms with Crippen molar-refractivity contribution in [3.05, 3.63) is 0 Å². The molecule has 0 aromatic rings. The highest BCUT2D eigenvalue weighted by atomic mass is 14.8. The first kappa shape index (κ1) is 12.6. The van der Waals surface area contributed by atoms with E-state index in [1.807, 2.05) is 13.8 Å². The third-order valence-corrected chi connectivity index (χ3v) is 1.13. The highest BCUT2D eigenvalue weighted by Crippen LogP contribution is 1.81. The predicted molar refractivity (Wildman–Crippen MR) is 49.4 cm³/mol. The van der Waals surface area contributed by atoms with Crippen LogP contribution in [0.15, 0.2) is 0 Å². The van der Waals surface area contributed by atoms with Crippen molar-refractivity contribution >= 4 is 0 Å². The molecule has 1 nitrogen and oxygen atoms in total. The molecule has 1 N–H and O–H groups in total. The normalized spacial score (nSPS) is 8.40. The molecule has 0 heterocycles. The Hall–Kier alpha value is -0.0400. The Morgan fingerprint density at radius 3 is 1.90 bits per heavy atom. The number of rotatable bonds is 5. The van der Waals surface area contributed by atoms with Crippen LogP contribution in [-0.2, 0) is 0 Å². The van der Waals surface area contributed by atoms with E-state index in [0.29, 0.717) is 0 Å². The van der Waals surface area contributed by atoms with E-state index >= 15 is 0 Å². The molecule has 0 radical (unpaired) electrons. The number of hydrogen-bond donors (Lipinski definition) is 1. The molecule has 0 unspecified atom stereocenters. The van der Waals surface area contributed by atoms with E-state index in [9.17, 15) is 0 Å². The van der Waals surface area contributed by atoms with Gasteiger partial charge in [-0.3, -0.25) is 0 Å². The number of unbranched alkanes of at least 4 members (excludes halogenated alkanes) is 1. The number of nitrogens with one attached hydrogen (secondary N) is 1. The monoisotopic (exact) mass is 145 g/mol. The molecule has 0 saturated carbocycles. The molecule has 0 aliphatic rings. The van der Waals surface area contributed by atoms with E-state index in [0.717, 1.165) is 0 Å². The van der Waals surface area contributed by atoms with Gasteiger partial charge in [0.2, 0.25) is 0 Å². The highest BCUT2D eigenvalue weighted by Gasteiger charge is 1.80. The van der Waals surface area contributed by atoms with E-state index in [1.54, 1.807) is 0 Å². The van der Waals surface area contributed by atoms with Gasteiger partial charge in [0.1, 0.15) is 0 Å². The average Bonchev–Trinajstić information content (AvgIpc) is 2.02. The van der Waals surface area contributed by atoms with Crippen molar-refractivity contribution in [2.75, 3.05) is 13.1 Å². The van der Waals surface area contributed by atoms with E-state index in [1.165, 1.54) is 32.4 Å². The van der Waals surface area contributed by atoms with Crippen LogP contribution < -0.4 is 5.32 Å². The lowest BCUT2D eigenvalue weighted by Gasteiger charge is -1.98. The fourth-order valence-electron chi connectivity index (χ4n) is 0.604.